The van der Waals surface area contributed by atoms with Gasteiger partial charge in [0, 0.05) is 50.9 Å². The van der Waals surface area contributed by atoms with Gasteiger partial charge in [0.25, 0.3) is 0 Å². The van der Waals surface area contributed by atoms with Crippen LogP contribution in [-0.2, 0) is 16.9 Å². The summed E-state index contributed by atoms with van der Waals surface area (Å²) in [5, 5.41) is 0.860. The van der Waals surface area contributed by atoms with Gasteiger partial charge in [-0.3, -0.25) is 9.80 Å². The lowest BCUT2D eigenvalue weighted by Crippen LogP contribution is -2.52. The summed E-state index contributed by atoms with van der Waals surface area (Å²) in [7, 11) is 1.79. The molecule has 0 unspecified atom stereocenters. The molecule has 1 saturated heterocycles. The van der Waals surface area contributed by atoms with E-state index in [1.165, 1.54) is 5.56 Å². The number of nitrogens with zero attached hydrogens (tertiary/aromatic N) is 2. The van der Waals surface area contributed by atoms with Crippen LogP contribution in [0.2, 0.25) is 5.02 Å². The second-order valence-corrected chi connectivity index (χ2v) is 8.75. The van der Waals surface area contributed by atoms with Crippen LogP contribution in [-0.4, -0.2) is 49.1 Å². The van der Waals surface area contributed by atoms with E-state index >= 15 is 0 Å². The number of hydrogen-bond donors (Lipinski definition) is 0. The van der Waals surface area contributed by atoms with Gasteiger partial charge in [0.05, 0.1) is 5.60 Å². The minimum absolute atomic E-state index is 0.191. The molecule has 0 N–H and O–H groups in total. The molecule has 1 aliphatic heterocycles. The van der Waals surface area contributed by atoms with Gasteiger partial charge >= 0.3 is 0 Å². The Labute approximate surface area is 178 Å². The van der Waals surface area contributed by atoms with E-state index in [1.54, 1.807) is 19.2 Å². The third-order valence-corrected chi connectivity index (χ3v) is 7.17. The summed E-state index contributed by atoms with van der Waals surface area (Å²) in [6.07, 6.45) is 4.21. The Morgan fingerprint density at radius 3 is 2.28 bits per heavy atom. The van der Waals surface area contributed by atoms with Gasteiger partial charge in [-0.2, -0.15) is 0 Å². The van der Waals surface area contributed by atoms with Gasteiger partial charge in [-0.05, 0) is 55.0 Å². The number of ether oxygens (including phenoxy) is 1. The molecule has 5 heteroatoms. The molecule has 29 heavy (non-hydrogen) atoms. The van der Waals surface area contributed by atoms with Gasteiger partial charge in [0.1, 0.15) is 5.82 Å². The first-order chi connectivity index (χ1) is 14.1. The average molecular weight is 417 g/mol. The molecule has 0 spiro atoms. The number of piperazine rings is 1. The zero-order valence-electron chi connectivity index (χ0n) is 17.1. The van der Waals surface area contributed by atoms with Crippen molar-refractivity contribution in [3.63, 3.8) is 0 Å². The highest BCUT2D eigenvalue weighted by Crippen LogP contribution is 2.41. The fraction of sp³-hybridized carbons (Fsp3) is 0.500. The van der Waals surface area contributed by atoms with Gasteiger partial charge in [-0.15, -0.1) is 0 Å². The molecule has 1 saturated carbocycles. The number of rotatable bonds is 5. The first-order valence-electron chi connectivity index (χ1n) is 10.6. The van der Waals surface area contributed by atoms with Crippen molar-refractivity contribution < 1.29 is 9.13 Å². The Hall–Kier alpha value is -1.46. The van der Waals surface area contributed by atoms with E-state index in [0.717, 1.165) is 69.0 Å². The van der Waals surface area contributed by atoms with E-state index in [9.17, 15) is 4.39 Å². The first-order valence-corrected chi connectivity index (χ1v) is 11.0. The smallest absolute Gasteiger partial charge is 0.123 e. The number of benzene rings is 2. The van der Waals surface area contributed by atoms with Gasteiger partial charge in [-0.25, -0.2) is 4.39 Å². The van der Waals surface area contributed by atoms with Crippen LogP contribution < -0.4 is 0 Å². The van der Waals surface area contributed by atoms with Crippen LogP contribution in [0, 0.1) is 5.82 Å². The molecule has 1 heterocycles. The molecule has 2 aromatic carbocycles. The van der Waals surface area contributed by atoms with Gasteiger partial charge in [0.15, 0.2) is 0 Å². The van der Waals surface area contributed by atoms with Crippen molar-refractivity contribution in [2.24, 2.45) is 0 Å². The zero-order chi connectivity index (χ0) is 20.3. The molecule has 2 aromatic rings. The fourth-order valence-electron chi connectivity index (χ4n) is 4.95. The average Bonchev–Trinajstić information content (AvgIpc) is 2.76. The highest BCUT2D eigenvalue weighted by Gasteiger charge is 2.39. The van der Waals surface area contributed by atoms with Crippen molar-refractivity contribution in [3.8, 4) is 0 Å². The quantitative estimate of drug-likeness (QED) is 0.675. The molecule has 2 aliphatic rings. The van der Waals surface area contributed by atoms with E-state index in [-0.39, 0.29) is 11.4 Å². The summed E-state index contributed by atoms with van der Waals surface area (Å²) in [6, 6.07) is 15.6. The van der Waals surface area contributed by atoms with E-state index in [2.05, 4.69) is 21.9 Å². The van der Waals surface area contributed by atoms with E-state index in [4.69, 9.17) is 16.3 Å². The summed E-state index contributed by atoms with van der Waals surface area (Å²) < 4.78 is 19.3. The lowest BCUT2D eigenvalue weighted by atomic mass is 9.77. The fourth-order valence-corrected chi connectivity index (χ4v) is 5.15. The summed E-state index contributed by atoms with van der Waals surface area (Å²) in [4.78, 5) is 5.14. The van der Waals surface area contributed by atoms with Gasteiger partial charge < -0.3 is 4.74 Å². The molecule has 0 aromatic heterocycles. The highest BCUT2D eigenvalue weighted by atomic mass is 35.5. The van der Waals surface area contributed by atoms with Crippen LogP contribution in [0.3, 0.4) is 0 Å². The molecule has 0 radical (unpaired) electrons. The van der Waals surface area contributed by atoms with Crippen molar-refractivity contribution in [3.05, 3.63) is 70.5 Å². The number of hydrogen-bond acceptors (Lipinski definition) is 3. The Kier molecular flexibility index (Phi) is 6.55. The zero-order valence-corrected chi connectivity index (χ0v) is 17.9. The van der Waals surface area contributed by atoms with Crippen LogP contribution in [0.25, 0.3) is 0 Å². The SMILES string of the molecule is COC1(c2ccc(F)cc2)CCC(N2CCN(Cc3ccccc3Cl)CC2)CC1. The largest absolute Gasteiger partial charge is 0.374 e. The molecule has 2 fully saturated rings. The monoisotopic (exact) mass is 416 g/mol. The van der Waals surface area contributed by atoms with Crippen LogP contribution in [0.4, 0.5) is 4.39 Å². The van der Waals surface area contributed by atoms with Crippen molar-refractivity contribution in [2.45, 2.75) is 43.9 Å². The predicted molar refractivity (Wildman–Crippen MR) is 116 cm³/mol. The predicted octanol–water partition coefficient (Wildman–Crippen LogP) is 5.08. The van der Waals surface area contributed by atoms with Crippen molar-refractivity contribution in [2.75, 3.05) is 33.3 Å². The maximum Gasteiger partial charge on any atom is 0.123 e. The minimum atomic E-state index is -0.268. The Morgan fingerprint density at radius 2 is 1.66 bits per heavy atom. The molecular weight excluding hydrogens is 387 g/mol. The summed E-state index contributed by atoms with van der Waals surface area (Å²) in [5.74, 6) is -0.191. The lowest BCUT2D eigenvalue weighted by Gasteiger charge is -2.45. The van der Waals surface area contributed by atoms with Crippen molar-refractivity contribution in [1.29, 1.82) is 0 Å². The Balaban J connectivity index is 1.30. The lowest BCUT2D eigenvalue weighted by molar-refractivity contribution is -0.0647. The van der Waals surface area contributed by atoms with Crippen LogP contribution in [0.15, 0.2) is 48.5 Å². The van der Waals surface area contributed by atoms with Crippen molar-refractivity contribution in [1.82, 2.24) is 9.80 Å². The number of halogens is 2. The third-order valence-electron chi connectivity index (χ3n) is 6.80. The van der Waals surface area contributed by atoms with Crippen LogP contribution >= 0.6 is 11.6 Å². The Morgan fingerprint density at radius 1 is 1.00 bits per heavy atom. The molecule has 156 valence electrons. The molecular formula is C24H30ClFN2O. The van der Waals surface area contributed by atoms with Crippen LogP contribution in [0.1, 0.15) is 36.8 Å². The molecule has 1 aliphatic carbocycles. The van der Waals surface area contributed by atoms with Crippen LogP contribution in [0.5, 0.6) is 0 Å². The minimum Gasteiger partial charge on any atom is -0.374 e. The summed E-state index contributed by atoms with van der Waals surface area (Å²) in [5.41, 5.74) is 2.05. The maximum atomic E-state index is 13.3. The standard InChI is InChI=1S/C24H30ClFN2O/c1-29-24(20-6-8-21(26)9-7-20)12-10-22(11-13-24)28-16-14-27(15-17-28)18-19-4-2-3-5-23(19)25/h2-9,22H,10-18H2,1H3. The highest BCUT2D eigenvalue weighted by molar-refractivity contribution is 6.31. The summed E-state index contributed by atoms with van der Waals surface area (Å²) >= 11 is 6.32. The first kappa shape index (κ1) is 20.8. The summed E-state index contributed by atoms with van der Waals surface area (Å²) in [6.45, 7) is 5.29. The van der Waals surface area contributed by atoms with Crippen molar-refractivity contribution >= 4 is 11.6 Å². The normalized spacial score (nSPS) is 26.5. The van der Waals surface area contributed by atoms with E-state index in [1.807, 2.05) is 24.3 Å². The van der Waals surface area contributed by atoms with E-state index in [0.29, 0.717) is 6.04 Å². The van der Waals surface area contributed by atoms with Gasteiger partial charge in [-0.1, -0.05) is 41.9 Å². The molecule has 0 bridgehead atoms. The van der Waals surface area contributed by atoms with Gasteiger partial charge in [0.2, 0.25) is 0 Å². The molecule has 3 nitrogen and oxygen atoms in total. The molecule has 4 rings (SSSR count). The molecule has 0 atom stereocenters. The number of methoxy groups -OCH3 is 1. The maximum absolute atomic E-state index is 13.3. The topological polar surface area (TPSA) is 15.7 Å². The Bertz CT molecular complexity index is 797. The second kappa shape index (κ2) is 9.13. The third kappa shape index (κ3) is 4.66. The second-order valence-electron chi connectivity index (χ2n) is 8.34. The van der Waals surface area contributed by atoms with E-state index < -0.39 is 0 Å². The molecule has 0 amide bonds.